The third kappa shape index (κ3) is 5.40. The monoisotopic (exact) mass is 797 g/mol. The van der Waals surface area contributed by atoms with E-state index in [-0.39, 0.29) is 5.41 Å². The van der Waals surface area contributed by atoms with Gasteiger partial charge in [0.15, 0.2) is 0 Å². The number of nitrogens with zero attached hydrogens (tertiary/aromatic N) is 1. The summed E-state index contributed by atoms with van der Waals surface area (Å²) in [6.45, 7) is 0. The van der Waals surface area contributed by atoms with Crippen molar-refractivity contribution in [3.05, 3.63) is 259 Å². The van der Waals surface area contributed by atoms with E-state index in [1.807, 2.05) is 0 Å². The van der Waals surface area contributed by atoms with Crippen LogP contribution in [0.2, 0.25) is 0 Å². The predicted octanol–water partition coefficient (Wildman–Crippen LogP) is 16.1. The number of para-hydroxylation sites is 1. The van der Waals surface area contributed by atoms with Gasteiger partial charge in [0.05, 0.1) is 16.6 Å². The Morgan fingerprint density at radius 1 is 0.270 bits per heavy atom. The first kappa shape index (κ1) is 35.6. The fourth-order valence-electron chi connectivity index (χ4n) is 10.8. The molecule has 2 aliphatic rings. The molecule has 1 aromatic heterocycles. The summed E-state index contributed by atoms with van der Waals surface area (Å²) in [5.41, 5.74) is 23.2. The highest BCUT2D eigenvalue weighted by Crippen LogP contribution is 2.64. The van der Waals surface area contributed by atoms with Crippen LogP contribution in [0, 0.1) is 0 Å². The lowest BCUT2D eigenvalue weighted by Gasteiger charge is -2.30. The van der Waals surface area contributed by atoms with Crippen LogP contribution < -0.4 is 0 Å². The molecule has 0 saturated carbocycles. The van der Waals surface area contributed by atoms with E-state index in [0.29, 0.717) is 0 Å². The molecular formula is C62H39N. The number of pyridine rings is 1. The van der Waals surface area contributed by atoms with Crippen molar-refractivity contribution in [2.75, 3.05) is 0 Å². The zero-order chi connectivity index (χ0) is 41.5. The summed E-state index contributed by atoms with van der Waals surface area (Å²) in [5, 5.41) is 3.61. The molecule has 2 aliphatic carbocycles. The summed E-state index contributed by atoms with van der Waals surface area (Å²) in [5.74, 6) is 0. The third-order valence-corrected chi connectivity index (χ3v) is 13.7. The number of rotatable bonds is 5. The first-order valence-corrected chi connectivity index (χ1v) is 21.9. The molecule has 0 atom stereocenters. The van der Waals surface area contributed by atoms with Gasteiger partial charge < -0.3 is 0 Å². The van der Waals surface area contributed by atoms with Crippen molar-refractivity contribution in [1.29, 1.82) is 0 Å². The number of hydrogen-bond donors (Lipinski definition) is 0. The second-order valence-electron chi connectivity index (χ2n) is 17.0. The average Bonchev–Trinajstić information content (AvgIpc) is 3.84. The van der Waals surface area contributed by atoms with Gasteiger partial charge in [0.2, 0.25) is 0 Å². The van der Waals surface area contributed by atoms with E-state index in [4.69, 9.17) is 4.98 Å². The second kappa shape index (κ2) is 14.0. The summed E-state index contributed by atoms with van der Waals surface area (Å²) in [6.07, 6.45) is 0. The highest BCUT2D eigenvalue weighted by Gasteiger charge is 2.51. The lowest BCUT2D eigenvalue weighted by molar-refractivity contribution is 0.794. The number of benzene rings is 10. The van der Waals surface area contributed by atoms with E-state index in [0.717, 1.165) is 22.2 Å². The Morgan fingerprint density at radius 3 is 1.46 bits per heavy atom. The van der Waals surface area contributed by atoms with Crippen molar-refractivity contribution in [1.82, 2.24) is 4.98 Å². The molecule has 0 aliphatic heterocycles. The van der Waals surface area contributed by atoms with Gasteiger partial charge in [0.25, 0.3) is 0 Å². The van der Waals surface area contributed by atoms with Crippen molar-refractivity contribution in [3.8, 4) is 78.0 Å². The smallest absolute Gasteiger partial charge is 0.0725 e. The van der Waals surface area contributed by atoms with E-state index in [9.17, 15) is 0 Å². The van der Waals surface area contributed by atoms with Crippen molar-refractivity contribution in [2.24, 2.45) is 0 Å². The standard InChI is InChI=1S/C62H39N/c1-2-13-40(14-3-1)41-27-31-44(32-28-41)60-39-54(52-17-7-11-24-59(52)63-60)43-29-25-42(26-30-43)45-33-34-47-38-48(36-35-46(47)37-45)49-19-12-23-58-61(49)53-18-6-10-22-57(53)62(58)55-20-8-4-15-50(55)51-16-5-9-21-56(51)62/h1-39H. The van der Waals surface area contributed by atoms with Crippen molar-refractivity contribution in [3.63, 3.8) is 0 Å². The van der Waals surface area contributed by atoms with Gasteiger partial charge in [-0.3, -0.25) is 0 Å². The second-order valence-corrected chi connectivity index (χ2v) is 17.0. The number of fused-ring (bicyclic) bond motifs is 12. The molecule has 1 heteroatoms. The molecule has 10 aromatic carbocycles. The molecule has 13 rings (SSSR count). The van der Waals surface area contributed by atoms with Crippen LogP contribution in [-0.2, 0) is 5.41 Å². The summed E-state index contributed by atoms with van der Waals surface area (Å²) in [4.78, 5) is 5.11. The predicted molar refractivity (Wildman–Crippen MR) is 263 cm³/mol. The van der Waals surface area contributed by atoms with Crippen LogP contribution in [0.15, 0.2) is 237 Å². The van der Waals surface area contributed by atoms with Gasteiger partial charge in [-0.25, -0.2) is 4.98 Å². The van der Waals surface area contributed by atoms with Gasteiger partial charge in [-0.15, -0.1) is 0 Å². The van der Waals surface area contributed by atoms with Crippen LogP contribution in [0.1, 0.15) is 22.3 Å². The molecule has 0 saturated heterocycles. The zero-order valence-corrected chi connectivity index (χ0v) is 34.5. The van der Waals surface area contributed by atoms with E-state index in [2.05, 4.69) is 237 Å². The van der Waals surface area contributed by atoms with Crippen molar-refractivity contribution < 1.29 is 0 Å². The molecule has 1 nitrogen and oxygen atoms in total. The molecule has 292 valence electrons. The molecule has 0 radical (unpaired) electrons. The Kier molecular flexibility index (Phi) is 7.89. The Hall–Kier alpha value is -8.13. The van der Waals surface area contributed by atoms with E-state index in [1.165, 1.54) is 99.8 Å². The highest BCUT2D eigenvalue weighted by molar-refractivity contribution is 6.02. The first-order valence-electron chi connectivity index (χ1n) is 21.9. The fourth-order valence-corrected chi connectivity index (χ4v) is 10.8. The fraction of sp³-hybridized carbons (Fsp3) is 0.0161. The Morgan fingerprint density at radius 2 is 0.746 bits per heavy atom. The lowest BCUT2D eigenvalue weighted by atomic mass is 9.70. The van der Waals surface area contributed by atoms with Crippen LogP contribution in [-0.4, -0.2) is 4.98 Å². The summed E-state index contributed by atoms with van der Waals surface area (Å²) in [7, 11) is 0. The van der Waals surface area contributed by atoms with Crippen LogP contribution in [0.25, 0.3) is 99.7 Å². The van der Waals surface area contributed by atoms with Crippen molar-refractivity contribution in [2.45, 2.75) is 5.41 Å². The number of aromatic nitrogens is 1. The minimum Gasteiger partial charge on any atom is -0.248 e. The summed E-state index contributed by atoms with van der Waals surface area (Å²) >= 11 is 0. The first-order chi connectivity index (χ1) is 31.2. The van der Waals surface area contributed by atoms with Crippen LogP contribution >= 0.6 is 0 Å². The van der Waals surface area contributed by atoms with Gasteiger partial charge in [-0.1, -0.05) is 212 Å². The molecule has 63 heavy (non-hydrogen) atoms. The minimum atomic E-state index is -0.349. The topological polar surface area (TPSA) is 12.9 Å². The van der Waals surface area contributed by atoms with Gasteiger partial charge in [0, 0.05) is 10.9 Å². The van der Waals surface area contributed by atoms with Crippen LogP contribution in [0.3, 0.4) is 0 Å². The van der Waals surface area contributed by atoms with Crippen molar-refractivity contribution >= 4 is 21.7 Å². The maximum absolute atomic E-state index is 5.11. The van der Waals surface area contributed by atoms with Gasteiger partial charge in [-0.05, 0) is 124 Å². The van der Waals surface area contributed by atoms with Crippen LogP contribution in [0.5, 0.6) is 0 Å². The molecular weight excluding hydrogens is 759 g/mol. The maximum Gasteiger partial charge on any atom is 0.0725 e. The molecule has 0 unspecified atom stereocenters. The van der Waals surface area contributed by atoms with Gasteiger partial charge in [0.1, 0.15) is 0 Å². The molecule has 0 N–H and O–H groups in total. The highest BCUT2D eigenvalue weighted by atomic mass is 14.7. The third-order valence-electron chi connectivity index (χ3n) is 13.7. The van der Waals surface area contributed by atoms with Gasteiger partial charge >= 0.3 is 0 Å². The largest absolute Gasteiger partial charge is 0.248 e. The normalized spacial score (nSPS) is 12.9. The lowest BCUT2D eigenvalue weighted by Crippen LogP contribution is -2.25. The Balaban J connectivity index is 0.849. The minimum absolute atomic E-state index is 0.349. The molecule has 0 bridgehead atoms. The average molecular weight is 798 g/mol. The molecule has 1 spiro atoms. The van der Waals surface area contributed by atoms with E-state index >= 15 is 0 Å². The zero-order valence-electron chi connectivity index (χ0n) is 34.5. The van der Waals surface area contributed by atoms with E-state index < -0.39 is 0 Å². The molecule has 11 aromatic rings. The summed E-state index contributed by atoms with van der Waals surface area (Å²) in [6, 6.07) is 87.0. The quantitative estimate of drug-likeness (QED) is 0.169. The van der Waals surface area contributed by atoms with Crippen LogP contribution in [0.4, 0.5) is 0 Å². The van der Waals surface area contributed by atoms with E-state index in [1.54, 1.807) is 0 Å². The Bertz CT molecular complexity index is 3550. The molecule has 0 fully saturated rings. The Labute approximate surface area is 367 Å². The van der Waals surface area contributed by atoms with Gasteiger partial charge in [-0.2, -0.15) is 0 Å². The molecule has 1 heterocycles. The SMILES string of the molecule is c1ccc(-c2ccc(-c3cc(-c4ccc(-c5ccc6cc(-c7cccc8c7-c7ccccc7C87c8ccccc8-c8ccccc87)ccc6c5)cc4)c4ccccc4n3)cc2)cc1. The summed E-state index contributed by atoms with van der Waals surface area (Å²) < 4.78 is 0. The number of hydrogen-bond acceptors (Lipinski definition) is 1. The molecule has 0 amide bonds. The maximum atomic E-state index is 5.11.